The van der Waals surface area contributed by atoms with Crippen molar-refractivity contribution in [1.82, 2.24) is 0 Å². The van der Waals surface area contributed by atoms with E-state index in [2.05, 4.69) is 91.9 Å². The van der Waals surface area contributed by atoms with Crippen molar-refractivity contribution in [2.24, 2.45) is 16.7 Å². The van der Waals surface area contributed by atoms with Gasteiger partial charge in [0.15, 0.2) is 20.5 Å². The van der Waals surface area contributed by atoms with E-state index in [9.17, 15) is 17.8 Å². The van der Waals surface area contributed by atoms with Crippen molar-refractivity contribution in [2.45, 2.75) is 60.5 Å². The standard InChI is InChI=1S/C19H17S.C10H16O4S/c1-16-12-14-19(15-13-16)20(17-8-4-2-5-9-17)18-10-6-3-7-11-18;1-9(2)6-4-5-10(9,3)8(11)7(6)15(12,13)14/h2-15H,1H3;6-7H,4-5H2,1-3H3,(H,12,13,14)/q+1;/p-1. The number of rotatable bonds is 4. The lowest BCUT2D eigenvalue weighted by Gasteiger charge is -2.32. The van der Waals surface area contributed by atoms with Crippen molar-refractivity contribution in [2.75, 3.05) is 0 Å². The van der Waals surface area contributed by atoms with Gasteiger partial charge in [0.2, 0.25) is 0 Å². The SMILES string of the molecule is CC12CCC(C(S(=O)(=O)[O-])C1=O)C2(C)C.Cc1ccc([S+](c2ccccc2)c2ccccc2)cc1. The molecule has 2 aliphatic carbocycles. The van der Waals surface area contributed by atoms with Crippen LogP contribution in [-0.2, 0) is 25.8 Å². The molecule has 2 saturated carbocycles. The Labute approximate surface area is 211 Å². The first-order chi connectivity index (χ1) is 16.5. The van der Waals surface area contributed by atoms with Crippen LogP contribution in [-0.4, -0.2) is 24.0 Å². The van der Waals surface area contributed by atoms with Crippen molar-refractivity contribution in [3.05, 3.63) is 90.5 Å². The van der Waals surface area contributed by atoms with Crippen molar-refractivity contribution in [3.8, 4) is 0 Å². The van der Waals surface area contributed by atoms with E-state index in [1.807, 2.05) is 13.8 Å². The second-order valence-electron chi connectivity index (χ2n) is 10.2. The first-order valence-corrected chi connectivity index (χ1v) is 14.6. The molecule has 2 fully saturated rings. The number of carbonyl (C=O) groups excluding carboxylic acids is 1. The van der Waals surface area contributed by atoms with Gasteiger partial charge in [-0.3, -0.25) is 4.79 Å². The third kappa shape index (κ3) is 4.72. The fourth-order valence-corrected chi connectivity index (χ4v) is 9.02. The number of benzene rings is 3. The summed E-state index contributed by atoms with van der Waals surface area (Å²) in [5.74, 6) is -0.656. The predicted molar refractivity (Wildman–Crippen MR) is 139 cm³/mol. The molecule has 3 atom stereocenters. The van der Waals surface area contributed by atoms with E-state index in [-0.39, 0.29) is 28.0 Å². The number of fused-ring (bicyclic) bond motifs is 2. The molecule has 4 nitrogen and oxygen atoms in total. The van der Waals surface area contributed by atoms with Gasteiger partial charge in [0.05, 0.1) is 10.9 Å². The van der Waals surface area contributed by atoms with Crippen LogP contribution >= 0.6 is 0 Å². The van der Waals surface area contributed by atoms with E-state index in [0.717, 1.165) is 0 Å². The number of ketones is 1. The molecule has 3 unspecified atom stereocenters. The first-order valence-electron chi connectivity index (χ1n) is 11.9. The zero-order chi connectivity index (χ0) is 25.4. The van der Waals surface area contributed by atoms with Crippen LogP contribution in [0, 0.1) is 23.7 Å². The summed E-state index contributed by atoms with van der Waals surface area (Å²) in [6.45, 7) is 7.72. The molecule has 5 rings (SSSR count). The highest BCUT2D eigenvalue weighted by Crippen LogP contribution is 2.64. The normalized spacial score (nSPS) is 24.8. The molecule has 2 aliphatic rings. The molecule has 0 saturated heterocycles. The van der Waals surface area contributed by atoms with Crippen molar-refractivity contribution < 1.29 is 17.8 Å². The highest BCUT2D eigenvalue weighted by molar-refractivity contribution is 7.97. The zero-order valence-corrected chi connectivity index (χ0v) is 22.2. The van der Waals surface area contributed by atoms with Gasteiger partial charge in [-0.2, -0.15) is 0 Å². The molecule has 0 radical (unpaired) electrons. The monoisotopic (exact) mass is 508 g/mol. The number of aryl methyl sites for hydroxylation is 1. The Morgan fingerprint density at radius 2 is 1.26 bits per heavy atom. The number of carbonyl (C=O) groups is 1. The van der Waals surface area contributed by atoms with E-state index in [4.69, 9.17) is 0 Å². The van der Waals surface area contributed by atoms with Gasteiger partial charge in [-0.25, -0.2) is 8.42 Å². The van der Waals surface area contributed by atoms with Crippen LogP contribution in [0.5, 0.6) is 0 Å². The lowest BCUT2D eigenvalue weighted by Crippen LogP contribution is -2.38. The molecule has 3 aromatic carbocycles. The second-order valence-corrected chi connectivity index (χ2v) is 13.7. The van der Waals surface area contributed by atoms with Crippen LogP contribution in [0.25, 0.3) is 0 Å². The van der Waals surface area contributed by atoms with Crippen LogP contribution in [0.4, 0.5) is 0 Å². The van der Waals surface area contributed by atoms with Gasteiger partial charge < -0.3 is 4.55 Å². The second kappa shape index (κ2) is 9.57. The minimum atomic E-state index is -4.49. The van der Waals surface area contributed by atoms with Crippen LogP contribution in [0.1, 0.15) is 39.2 Å². The quantitative estimate of drug-likeness (QED) is 0.319. The Morgan fingerprint density at radius 1 is 0.800 bits per heavy atom. The molecule has 184 valence electrons. The Bertz CT molecular complexity index is 1250. The van der Waals surface area contributed by atoms with E-state index in [0.29, 0.717) is 12.8 Å². The first kappa shape index (κ1) is 25.7. The molecule has 0 spiro atoms. The minimum absolute atomic E-state index is 0.0229. The maximum atomic E-state index is 12.0. The summed E-state index contributed by atoms with van der Waals surface area (Å²) in [6.07, 6.45) is 1.37. The fraction of sp³-hybridized carbons (Fsp3) is 0.345. The average Bonchev–Trinajstić information content (AvgIpc) is 3.14. The van der Waals surface area contributed by atoms with E-state index in [1.165, 1.54) is 20.2 Å². The minimum Gasteiger partial charge on any atom is -0.747 e. The largest absolute Gasteiger partial charge is 0.747 e. The topological polar surface area (TPSA) is 74.3 Å². The molecule has 0 aliphatic heterocycles. The molecular weight excluding hydrogens is 476 g/mol. The van der Waals surface area contributed by atoms with Gasteiger partial charge >= 0.3 is 0 Å². The van der Waals surface area contributed by atoms with Gasteiger partial charge in [-0.05, 0) is 67.5 Å². The maximum absolute atomic E-state index is 12.0. The third-order valence-electron chi connectivity index (χ3n) is 8.00. The van der Waals surface area contributed by atoms with E-state index < -0.39 is 20.8 Å². The molecule has 0 amide bonds. The summed E-state index contributed by atoms with van der Waals surface area (Å²) in [5.41, 5.74) is 0.310. The highest BCUT2D eigenvalue weighted by Gasteiger charge is 2.67. The molecule has 3 aromatic rings. The summed E-state index contributed by atoms with van der Waals surface area (Å²) in [4.78, 5) is 16.1. The smallest absolute Gasteiger partial charge is 0.166 e. The summed E-state index contributed by atoms with van der Waals surface area (Å²) >= 11 is 0. The zero-order valence-electron chi connectivity index (χ0n) is 20.6. The van der Waals surface area contributed by atoms with Gasteiger partial charge in [0.1, 0.15) is 15.4 Å². The van der Waals surface area contributed by atoms with Gasteiger partial charge in [0.25, 0.3) is 0 Å². The Kier molecular flexibility index (Phi) is 7.02. The average molecular weight is 509 g/mol. The summed E-state index contributed by atoms with van der Waals surface area (Å²) in [6, 6.07) is 30.4. The van der Waals surface area contributed by atoms with Crippen LogP contribution in [0.2, 0.25) is 0 Å². The summed E-state index contributed by atoms with van der Waals surface area (Å²) in [7, 11) is -4.51. The molecule has 6 heteroatoms. The van der Waals surface area contributed by atoms with Crippen molar-refractivity contribution >= 4 is 26.8 Å². The molecule has 2 bridgehead atoms. The number of hydrogen-bond donors (Lipinski definition) is 0. The lowest BCUT2D eigenvalue weighted by molar-refractivity contribution is -0.128. The molecule has 0 N–H and O–H groups in total. The van der Waals surface area contributed by atoms with E-state index >= 15 is 0 Å². The molecule has 35 heavy (non-hydrogen) atoms. The predicted octanol–water partition coefficient (Wildman–Crippen LogP) is 6.02. The summed E-state index contributed by atoms with van der Waals surface area (Å²) in [5, 5.41) is -1.30. The van der Waals surface area contributed by atoms with Crippen molar-refractivity contribution in [3.63, 3.8) is 0 Å². The highest BCUT2D eigenvalue weighted by atomic mass is 32.2. The summed E-state index contributed by atoms with van der Waals surface area (Å²) < 4.78 is 33.3. The maximum Gasteiger partial charge on any atom is 0.166 e. The molecule has 0 aromatic heterocycles. The van der Waals surface area contributed by atoms with Crippen LogP contribution in [0.3, 0.4) is 0 Å². The molecular formula is C29H32O4S2. The molecule has 0 heterocycles. The Morgan fingerprint density at radius 3 is 1.63 bits per heavy atom. The van der Waals surface area contributed by atoms with Gasteiger partial charge in [-0.1, -0.05) is 74.9 Å². The third-order valence-corrected chi connectivity index (χ3v) is 11.4. The van der Waals surface area contributed by atoms with Gasteiger partial charge in [-0.15, -0.1) is 0 Å². The van der Waals surface area contributed by atoms with Gasteiger partial charge in [0, 0.05) is 5.41 Å². The lowest BCUT2D eigenvalue weighted by atomic mass is 9.70. The fourth-order valence-electron chi connectivity index (χ4n) is 5.53. The van der Waals surface area contributed by atoms with E-state index in [1.54, 1.807) is 6.92 Å². The Hall–Kier alpha value is -2.41. The van der Waals surface area contributed by atoms with Crippen LogP contribution < -0.4 is 0 Å². The number of Topliss-reactive ketones (excluding diaryl/α,β-unsaturated/α-hetero) is 1. The van der Waals surface area contributed by atoms with Crippen LogP contribution in [0.15, 0.2) is 99.6 Å². The number of hydrogen-bond acceptors (Lipinski definition) is 4. The van der Waals surface area contributed by atoms with Crippen molar-refractivity contribution in [1.29, 1.82) is 0 Å². The Balaban J connectivity index is 0.000000172.